The highest BCUT2D eigenvalue weighted by atomic mass is 35.5. The highest BCUT2D eigenvalue weighted by Gasteiger charge is 2.39. The Labute approximate surface area is 149 Å². The Bertz CT molecular complexity index is 818. The molecule has 0 bridgehead atoms. The number of anilines is 1. The molecule has 1 heterocycles. The van der Waals surface area contributed by atoms with E-state index in [0.29, 0.717) is 17.3 Å². The molecule has 2 N–H and O–H groups in total. The maximum Gasteiger partial charge on any atom is 0.335 e. The van der Waals surface area contributed by atoms with E-state index in [4.69, 9.17) is 16.7 Å². The van der Waals surface area contributed by atoms with Crippen molar-refractivity contribution >= 4 is 35.1 Å². The summed E-state index contributed by atoms with van der Waals surface area (Å²) in [5.74, 6) is -1.73. The minimum absolute atomic E-state index is 0.0626. The molecule has 6 nitrogen and oxygen atoms in total. The summed E-state index contributed by atoms with van der Waals surface area (Å²) in [6, 6.07) is 12.3. The minimum atomic E-state index is -1.06. The van der Waals surface area contributed by atoms with Gasteiger partial charge in [0, 0.05) is 11.6 Å². The maximum absolute atomic E-state index is 12.5. The first-order valence-electron chi connectivity index (χ1n) is 7.63. The molecule has 1 aliphatic rings. The quantitative estimate of drug-likeness (QED) is 0.802. The lowest BCUT2D eigenvalue weighted by Gasteiger charge is -2.16. The molecule has 7 heteroatoms. The highest BCUT2D eigenvalue weighted by Crippen LogP contribution is 2.23. The fourth-order valence-corrected chi connectivity index (χ4v) is 2.79. The second kappa shape index (κ2) is 7.04. The Morgan fingerprint density at radius 2 is 1.76 bits per heavy atom. The number of nitrogens with zero attached hydrogens (tertiary/aromatic N) is 1. The van der Waals surface area contributed by atoms with Crippen LogP contribution in [0.3, 0.4) is 0 Å². The lowest BCUT2D eigenvalue weighted by atomic mass is 10.2. The van der Waals surface area contributed by atoms with E-state index in [9.17, 15) is 14.4 Å². The number of nitrogens with one attached hydrogen (secondary N) is 1. The predicted molar refractivity (Wildman–Crippen MR) is 92.6 cm³/mol. The van der Waals surface area contributed by atoms with E-state index in [1.54, 1.807) is 12.1 Å². The fourth-order valence-electron chi connectivity index (χ4n) is 2.66. The Kier molecular flexibility index (Phi) is 4.83. The lowest BCUT2D eigenvalue weighted by Crippen LogP contribution is -2.38. The van der Waals surface area contributed by atoms with Gasteiger partial charge in [-0.3, -0.25) is 9.59 Å². The van der Waals surface area contributed by atoms with Crippen molar-refractivity contribution in [2.45, 2.75) is 19.0 Å². The summed E-state index contributed by atoms with van der Waals surface area (Å²) in [7, 11) is 0. The van der Waals surface area contributed by atoms with Gasteiger partial charge >= 0.3 is 5.97 Å². The van der Waals surface area contributed by atoms with Crippen molar-refractivity contribution in [3.05, 3.63) is 64.7 Å². The van der Waals surface area contributed by atoms with Gasteiger partial charge in [0.1, 0.15) is 0 Å². The van der Waals surface area contributed by atoms with E-state index in [-0.39, 0.29) is 23.8 Å². The van der Waals surface area contributed by atoms with Crippen molar-refractivity contribution in [2.24, 2.45) is 0 Å². The summed E-state index contributed by atoms with van der Waals surface area (Å²) >= 11 is 5.84. The number of carboxylic acids is 1. The molecule has 0 saturated carbocycles. The number of hydrogen-bond acceptors (Lipinski definition) is 4. The van der Waals surface area contributed by atoms with Gasteiger partial charge in [0.2, 0.25) is 5.91 Å². The second-order valence-electron chi connectivity index (χ2n) is 5.68. The first kappa shape index (κ1) is 17.1. The molecule has 3 rings (SSSR count). The lowest BCUT2D eigenvalue weighted by molar-refractivity contribution is -0.121. The van der Waals surface area contributed by atoms with Crippen molar-refractivity contribution in [3.8, 4) is 0 Å². The fraction of sp³-hybridized carbons (Fsp3) is 0.167. The van der Waals surface area contributed by atoms with E-state index in [2.05, 4.69) is 5.32 Å². The summed E-state index contributed by atoms with van der Waals surface area (Å²) in [5, 5.41) is 12.6. The van der Waals surface area contributed by atoms with Crippen molar-refractivity contribution in [3.63, 3.8) is 0 Å². The number of carboxylic acid groups (broad SMARTS) is 1. The molecule has 0 unspecified atom stereocenters. The average molecular weight is 359 g/mol. The Hall–Kier alpha value is -2.70. The Morgan fingerprint density at radius 3 is 2.36 bits per heavy atom. The van der Waals surface area contributed by atoms with Crippen molar-refractivity contribution in [1.29, 1.82) is 0 Å². The van der Waals surface area contributed by atoms with Crippen LogP contribution in [0, 0.1) is 0 Å². The zero-order valence-electron chi connectivity index (χ0n) is 13.1. The molecule has 1 aliphatic heterocycles. The van der Waals surface area contributed by atoms with Crippen LogP contribution in [0.15, 0.2) is 48.5 Å². The van der Waals surface area contributed by atoms with Crippen LogP contribution in [0.4, 0.5) is 5.69 Å². The van der Waals surface area contributed by atoms with E-state index in [1.807, 2.05) is 12.1 Å². The molecule has 2 amide bonds. The highest BCUT2D eigenvalue weighted by molar-refractivity contribution is 6.30. The van der Waals surface area contributed by atoms with E-state index in [1.165, 1.54) is 24.3 Å². The molecule has 1 atom stereocenters. The van der Waals surface area contributed by atoms with E-state index in [0.717, 1.165) is 10.5 Å². The molecular weight excluding hydrogens is 344 g/mol. The predicted octanol–water partition coefficient (Wildman–Crippen LogP) is 2.46. The van der Waals surface area contributed by atoms with E-state index < -0.39 is 12.0 Å². The number of carbonyl (C=O) groups is 3. The molecule has 0 aliphatic carbocycles. The summed E-state index contributed by atoms with van der Waals surface area (Å²) < 4.78 is 0. The smallest absolute Gasteiger partial charge is 0.335 e. The van der Waals surface area contributed by atoms with Crippen LogP contribution in [0.5, 0.6) is 0 Å². The van der Waals surface area contributed by atoms with Gasteiger partial charge in [0.25, 0.3) is 5.91 Å². The minimum Gasteiger partial charge on any atom is -0.478 e. The Morgan fingerprint density at radius 1 is 1.12 bits per heavy atom. The van der Waals surface area contributed by atoms with Crippen LogP contribution in [0.1, 0.15) is 22.3 Å². The van der Waals surface area contributed by atoms with Gasteiger partial charge in [-0.2, -0.15) is 0 Å². The van der Waals surface area contributed by atoms with Gasteiger partial charge in [-0.1, -0.05) is 23.7 Å². The number of benzene rings is 2. The molecule has 2 aromatic rings. The molecular formula is C18H15ClN2O4. The standard InChI is InChI=1S/C18H15ClN2O4/c19-13-5-1-11(2-6-13)10-20-15-9-16(22)21(17(15)23)14-7-3-12(4-8-14)18(24)25/h1-8,15,20H,9-10H2,(H,24,25)/t15-/m1/s1. The Balaban J connectivity index is 1.69. The van der Waals surface area contributed by atoms with Gasteiger partial charge < -0.3 is 10.4 Å². The van der Waals surface area contributed by atoms with Gasteiger partial charge in [-0.05, 0) is 42.0 Å². The van der Waals surface area contributed by atoms with Crippen LogP contribution in [0.25, 0.3) is 0 Å². The van der Waals surface area contributed by atoms with Crippen LogP contribution in [0.2, 0.25) is 5.02 Å². The summed E-state index contributed by atoms with van der Waals surface area (Å²) in [6.45, 7) is 0.437. The SMILES string of the molecule is O=C(O)c1ccc(N2C(=O)C[C@@H](NCc3ccc(Cl)cc3)C2=O)cc1. The topological polar surface area (TPSA) is 86.7 Å². The average Bonchev–Trinajstić information content (AvgIpc) is 2.88. The molecule has 1 fully saturated rings. The first-order chi connectivity index (χ1) is 12.0. The summed E-state index contributed by atoms with van der Waals surface area (Å²) in [4.78, 5) is 36.7. The number of imide groups is 1. The molecule has 0 radical (unpaired) electrons. The zero-order valence-corrected chi connectivity index (χ0v) is 13.9. The second-order valence-corrected chi connectivity index (χ2v) is 6.12. The first-order valence-corrected chi connectivity index (χ1v) is 8.01. The monoisotopic (exact) mass is 358 g/mol. The van der Waals surface area contributed by atoms with Gasteiger partial charge in [0.05, 0.1) is 23.7 Å². The van der Waals surface area contributed by atoms with Gasteiger partial charge in [-0.15, -0.1) is 0 Å². The summed E-state index contributed by atoms with van der Waals surface area (Å²) in [5.41, 5.74) is 1.42. The molecule has 0 spiro atoms. The van der Waals surface area contributed by atoms with Crippen LogP contribution >= 0.6 is 11.6 Å². The zero-order chi connectivity index (χ0) is 18.0. The number of halogens is 1. The van der Waals surface area contributed by atoms with E-state index >= 15 is 0 Å². The molecule has 1 saturated heterocycles. The van der Waals surface area contributed by atoms with Crippen LogP contribution in [-0.4, -0.2) is 28.9 Å². The number of rotatable bonds is 5. The van der Waals surface area contributed by atoms with Crippen LogP contribution in [-0.2, 0) is 16.1 Å². The normalized spacial score (nSPS) is 17.2. The summed E-state index contributed by atoms with van der Waals surface area (Å²) in [6.07, 6.45) is 0.0626. The third-order valence-corrected chi connectivity index (χ3v) is 4.24. The number of amides is 2. The van der Waals surface area contributed by atoms with Gasteiger partial charge in [-0.25, -0.2) is 9.69 Å². The number of aromatic carboxylic acids is 1. The third kappa shape index (κ3) is 3.70. The largest absolute Gasteiger partial charge is 0.478 e. The molecule has 0 aromatic heterocycles. The number of hydrogen-bond donors (Lipinski definition) is 2. The van der Waals surface area contributed by atoms with Crippen molar-refractivity contribution in [2.75, 3.05) is 4.90 Å². The van der Waals surface area contributed by atoms with Crippen molar-refractivity contribution in [1.82, 2.24) is 5.32 Å². The van der Waals surface area contributed by atoms with Crippen molar-refractivity contribution < 1.29 is 19.5 Å². The third-order valence-electron chi connectivity index (χ3n) is 3.98. The van der Waals surface area contributed by atoms with Gasteiger partial charge in [0.15, 0.2) is 0 Å². The number of carbonyl (C=O) groups excluding carboxylic acids is 2. The molecule has 25 heavy (non-hydrogen) atoms. The molecule has 128 valence electrons. The van der Waals surface area contributed by atoms with Crippen LogP contribution < -0.4 is 10.2 Å². The molecule has 2 aromatic carbocycles. The maximum atomic E-state index is 12.5.